The van der Waals surface area contributed by atoms with Gasteiger partial charge in [0.25, 0.3) is 0 Å². The van der Waals surface area contributed by atoms with Crippen LogP contribution < -0.4 is 15.9 Å². The first-order chi connectivity index (χ1) is 13.3. The van der Waals surface area contributed by atoms with Crippen molar-refractivity contribution in [2.45, 2.75) is 13.0 Å². The summed E-state index contributed by atoms with van der Waals surface area (Å²) in [7, 11) is 1.22. The summed E-state index contributed by atoms with van der Waals surface area (Å²) < 4.78 is 5.57. The SMILES string of the molecule is COC(C)[c-]1cccc1P(c1ccccc1)c1ccccc1.[Fe+2].c1cc[cH-]c1. The van der Waals surface area contributed by atoms with Gasteiger partial charge >= 0.3 is 17.1 Å². The molecule has 4 aromatic carbocycles. The van der Waals surface area contributed by atoms with Gasteiger partial charge in [0.2, 0.25) is 0 Å². The predicted molar refractivity (Wildman–Crippen MR) is 118 cm³/mol. The minimum absolute atomic E-state index is 0. The van der Waals surface area contributed by atoms with E-state index in [2.05, 4.69) is 85.8 Å². The fourth-order valence-electron chi connectivity index (χ4n) is 3.00. The molecule has 0 saturated heterocycles. The van der Waals surface area contributed by atoms with Crippen LogP contribution in [0.3, 0.4) is 0 Å². The minimum Gasteiger partial charge on any atom is -0.389 e. The zero-order chi connectivity index (χ0) is 18.9. The first kappa shape index (κ1) is 22.3. The Morgan fingerprint density at radius 3 is 1.75 bits per heavy atom. The quantitative estimate of drug-likeness (QED) is 0.239. The maximum absolute atomic E-state index is 5.57. The van der Waals surface area contributed by atoms with E-state index in [4.69, 9.17) is 4.74 Å². The fourth-order valence-corrected chi connectivity index (χ4v) is 5.55. The summed E-state index contributed by atoms with van der Waals surface area (Å²) in [5.74, 6) is 0. The summed E-state index contributed by atoms with van der Waals surface area (Å²) >= 11 is 0. The number of ether oxygens (including phenoxy) is 1. The van der Waals surface area contributed by atoms with E-state index < -0.39 is 7.92 Å². The number of methoxy groups -OCH3 is 1. The molecule has 4 aromatic rings. The predicted octanol–water partition coefficient (Wildman–Crippen LogP) is 5.27. The molecule has 4 rings (SSSR count). The molecule has 0 radical (unpaired) electrons. The maximum atomic E-state index is 5.57. The zero-order valence-corrected chi connectivity index (χ0v) is 18.2. The molecule has 0 aliphatic heterocycles. The third-order valence-corrected chi connectivity index (χ3v) is 6.96. The molecule has 1 atom stereocenters. The van der Waals surface area contributed by atoms with Crippen molar-refractivity contribution < 1.29 is 21.8 Å². The molecular weight excluding hydrogens is 403 g/mol. The van der Waals surface area contributed by atoms with Crippen molar-refractivity contribution in [3.8, 4) is 0 Å². The molecule has 0 amide bonds. The summed E-state index contributed by atoms with van der Waals surface area (Å²) in [5, 5.41) is 4.14. The van der Waals surface area contributed by atoms with Crippen molar-refractivity contribution in [1.82, 2.24) is 0 Å². The maximum Gasteiger partial charge on any atom is 2.00 e. The molecule has 0 fully saturated rings. The molecule has 0 heterocycles. The summed E-state index contributed by atoms with van der Waals surface area (Å²) in [6.45, 7) is 2.11. The van der Waals surface area contributed by atoms with E-state index in [1.807, 2.05) is 30.3 Å². The van der Waals surface area contributed by atoms with Crippen LogP contribution in [0.5, 0.6) is 0 Å². The van der Waals surface area contributed by atoms with E-state index >= 15 is 0 Å². The van der Waals surface area contributed by atoms with Crippen molar-refractivity contribution in [2.75, 3.05) is 7.11 Å². The molecule has 0 saturated carbocycles. The number of hydrogen-bond donors (Lipinski definition) is 0. The van der Waals surface area contributed by atoms with E-state index in [1.165, 1.54) is 21.5 Å². The van der Waals surface area contributed by atoms with Crippen LogP contribution in [-0.2, 0) is 21.8 Å². The molecule has 144 valence electrons. The van der Waals surface area contributed by atoms with Crippen molar-refractivity contribution in [2.24, 2.45) is 0 Å². The molecule has 0 aliphatic carbocycles. The number of rotatable bonds is 5. The summed E-state index contributed by atoms with van der Waals surface area (Å²) in [5.41, 5.74) is 1.29. The normalized spacial score (nSPS) is 11.2. The van der Waals surface area contributed by atoms with Crippen LogP contribution in [0.2, 0.25) is 0 Å². The van der Waals surface area contributed by atoms with Gasteiger partial charge in [-0.25, -0.2) is 24.3 Å². The second-order valence-electron chi connectivity index (χ2n) is 6.21. The van der Waals surface area contributed by atoms with Gasteiger partial charge in [-0.05, 0) is 25.5 Å². The smallest absolute Gasteiger partial charge is 0.389 e. The standard InChI is InChI=1S/C20H20OP.C5H5.Fe/c1-16(21-2)19-14-9-15-20(19)22(17-10-5-3-6-11-17)18-12-7-4-8-13-18;1-2-4-5-3-1;/h3-16H,1-2H3;1-5H;/q2*-1;+2. The molecule has 0 aromatic heterocycles. The van der Waals surface area contributed by atoms with Gasteiger partial charge < -0.3 is 4.74 Å². The Bertz CT molecular complexity index is 828. The average molecular weight is 428 g/mol. The van der Waals surface area contributed by atoms with E-state index in [-0.39, 0.29) is 23.2 Å². The second-order valence-corrected chi connectivity index (χ2v) is 8.40. The van der Waals surface area contributed by atoms with Crippen LogP contribution in [0.15, 0.2) is 109 Å². The summed E-state index contributed by atoms with van der Waals surface area (Å²) in [6, 6.07) is 38.1. The first-order valence-electron chi connectivity index (χ1n) is 9.16. The van der Waals surface area contributed by atoms with Crippen molar-refractivity contribution in [1.29, 1.82) is 0 Å². The third kappa shape index (κ3) is 5.77. The fraction of sp³-hybridized carbons (Fsp3) is 0.120. The van der Waals surface area contributed by atoms with Crippen LogP contribution in [0, 0.1) is 0 Å². The number of benzene rings is 2. The first-order valence-corrected chi connectivity index (χ1v) is 10.5. The van der Waals surface area contributed by atoms with Gasteiger partial charge in [-0.1, -0.05) is 60.7 Å². The van der Waals surface area contributed by atoms with Crippen molar-refractivity contribution in [3.05, 3.63) is 115 Å². The van der Waals surface area contributed by atoms with Gasteiger partial charge in [-0.15, -0.1) is 10.9 Å². The monoisotopic (exact) mass is 428 g/mol. The number of hydrogen-bond acceptors (Lipinski definition) is 1. The topological polar surface area (TPSA) is 9.23 Å². The molecule has 1 nitrogen and oxygen atoms in total. The van der Waals surface area contributed by atoms with E-state index in [0.29, 0.717) is 0 Å². The summed E-state index contributed by atoms with van der Waals surface area (Å²) in [4.78, 5) is 0. The molecule has 0 bridgehead atoms. The molecular formula is C25H25FeOP. The van der Waals surface area contributed by atoms with Gasteiger partial charge in [-0.3, -0.25) is 0 Å². The Kier molecular flexibility index (Phi) is 9.41. The van der Waals surface area contributed by atoms with Gasteiger partial charge in [0.05, 0.1) is 0 Å². The van der Waals surface area contributed by atoms with E-state index in [0.717, 1.165) is 0 Å². The molecule has 0 spiro atoms. The molecule has 0 aliphatic rings. The van der Waals surface area contributed by atoms with Crippen LogP contribution in [0.1, 0.15) is 18.6 Å². The van der Waals surface area contributed by atoms with Gasteiger partial charge in [0, 0.05) is 13.2 Å². The third-order valence-electron chi connectivity index (χ3n) is 4.44. The largest absolute Gasteiger partial charge is 2.00 e. The Hall–Kier alpha value is -1.95. The molecule has 1 unspecified atom stereocenters. The average Bonchev–Trinajstić information content (AvgIpc) is 3.45. The van der Waals surface area contributed by atoms with Crippen LogP contribution in [0.4, 0.5) is 0 Å². The summed E-state index contributed by atoms with van der Waals surface area (Å²) in [6.07, 6.45) is 0.113. The molecule has 0 N–H and O–H groups in total. The Morgan fingerprint density at radius 1 is 0.786 bits per heavy atom. The van der Waals surface area contributed by atoms with Crippen molar-refractivity contribution >= 4 is 23.8 Å². The minimum atomic E-state index is -0.548. The van der Waals surface area contributed by atoms with Gasteiger partial charge in [0.15, 0.2) is 0 Å². The Balaban J connectivity index is 0.000000408. The van der Waals surface area contributed by atoms with Crippen molar-refractivity contribution in [3.63, 3.8) is 0 Å². The zero-order valence-electron chi connectivity index (χ0n) is 16.2. The van der Waals surface area contributed by atoms with Gasteiger partial charge in [-0.2, -0.15) is 24.3 Å². The van der Waals surface area contributed by atoms with Crippen LogP contribution in [-0.4, -0.2) is 7.11 Å². The van der Waals surface area contributed by atoms with E-state index in [1.54, 1.807) is 7.11 Å². The van der Waals surface area contributed by atoms with E-state index in [9.17, 15) is 0 Å². The Morgan fingerprint density at radius 2 is 1.32 bits per heavy atom. The molecule has 3 heteroatoms. The van der Waals surface area contributed by atoms with Gasteiger partial charge in [0.1, 0.15) is 0 Å². The van der Waals surface area contributed by atoms with Crippen LogP contribution >= 0.6 is 7.92 Å². The Labute approximate surface area is 180 Å². The molecule has 28 heavy (non-hydrogen) atoms. The second kappa shape index (κ2) is 11.8. The van der Waals surface area contributed by atoms with Crippen LogP contribution in [0.25, 0.3) is 0 Å².